The lowest BCUT2D eigenvalue weighted by molar-refractivity contribution is -0.115. The molecule has 1 amide bonds. The number of fused-ring (bicyclic) bond motifs is 1. The smallest absolute Gasteiger partial charge is 0.228 e. The Morgan fingerprint density at radius 2 is 1.82 bits per heavy atom. The first-order valence-electron chi connectivity index (χ1n) is 7.19. The van der Waals surface area contributed by atoms with Gasteiger partial charge in [0.1, 0.15) is 5.75 Å². The maximum absolute atomic E-state index is 12.3. The van der Waals surface area contributed by atoms with E-state index in [1.54, 1.807) is 18.2 Å². The zero-order valence-corrected chi connectivity index (χ0v) is 12.3. The lowest BCUT2D eigenvalue weighted by atomic mass is 10.0. The van der Waals surface area contributed by atoms with Crippen molar-refractivity contribution in [2.75, 3.05) is 5.32 Å². The predicted molar refractivity (Wildman–Crippen MR) is 89.1 cm³/mol. The van der Waals surface area contributed by atoms with Crippen LogP contribution in [-0.4, -0.2) is 11.0 Å². The van der Waals surface area contributed by atoms with Crippen LogP contribution in [0.1, 0.15) is 11.1 Å². The highest BCUT2D eigenvalue weighted by molar-refractivity contribution is 5.97. The number of aromatic hydroxyl groups is 1. The molecule has 0 aliphatic heterocycles. The number of carbonyl (C=O) groups excluding carboxylic acids is 1. The number of phenols is 1. The molecule has 0 bridgehead atoms. The van der Waals surface area contributed by atoms with Crippen molar-refractivity contribution < 1.29 is 9.90 Å². The van der Waals surface area contributed by atoms with Crippen LogP contribution in [0.4, 0.5) is 5.69 Å². The van der Waals surface area contributed by atoms with Crippen molar-refractivity contribution in [3.8, 4) is 5.75 Å². The molecule has 22 heavy (non-hydrogen) atoms. The number of benzene rings is 3. The Labute approximate surface area is 129 Å². The summed E-state index contributed by atoms with van der Waals surface area (Å²) in [5.41, 5.74) is 2.41. The van der Waals surface area contributed by atoms with Crippen molar-refractivity contribution in [3.05, 3.63) is 71.8 Å². The maximum Gasteiger partial charge on any atom is 0.228 e. The molecular weight excluding hydrogens is 274 g/mol. The summed E-state index contributed by atoms with van der Waals surface area (Å²) in [7, 11) is 0. The topological polar surface area (TPSA) is 49.3 Å². The third-order valence-corrected chi connectivity index (χ3v) is 3.66. The summed E-state index contributed by atoms with van der Waals surface area (Å²) >= 11 is 0. The Morgan fingerprint density at radius 1 is 1.05 bits per heavy atom. The minimum absolute atomic E-state index is 0.0804. The third kappa shape index (κ3) is 2.93. The van der Waals surface area contributed by atoms with Gasteiger partial charge in [-0.3, -0.25) is 4.79 Å². The first-order chi connectivity index (χ1) is 10.6. The average molecular weight is 291 g/mol. The van der Waals surface area contributed by atoms with Gasteiger partial charge in [-0.25, -0.2) is 0 Å². The van der Waals surface area contributed by atoms with Crippen molar-refractivity contribution in [1.82, 2.24) is 0 Å². The van der Waals surface area contributed by atoms with Gasteiger partial charge in [0.05, 0.1) is 12.1 Å². The SMILES string of the molecule is Cc1ccc(O)c(NC(=O)Cc2cccc3ccccc23)c1. The normalized spacial score (nSPS) is 10.6. The third-order valence-electron chi connectivity index (χ3n) is 3.66. The Hall–Kier alpha value is -2.81. The number of nitrogens with one attached hydrogen (secondary N) is 1. The second-order valence-corrected chi connectivity index (χ2v) is 5.38. The molecular formula is C19H17NO2. The van der Waals surface area contributed by atoms with Gasteiger partial charge >= 0.3 is 0 Å². The molecule has 0 atom stereocenters. The number of rotatable bonds is 3. The van der Waals surface area contributed by atoms with Crippen LogP contribution in [0.25, 0.3) is 10.8 Å². The molecule has 0 heterocycles. The van der Waals surface area contributed by atoms with Crippen LogP contribution in [0, 0.1) is 6.92 Å². The van der Waals surface area contributed by atoms with E-state index in [1.165, 1.54) is 0 Å². The minimum Gasteiger partial charge on any atom is -0.506 e. The molecule has 0 aliphatic rings. The first kappa shape index (κ1) is 14.1. The average Bonchev–Trinajstić information content (AvgIpc) is 2.51. The van der Waals surface area contributed by atoms with Gasteiger partial charge in [0.2, 0.25) is 5.91 Å². The van der Waals surface area contributed by atoms with Crippen LogP contribution in [0.3, 0.4) is 0 Å². The highest BCUT2D eigenvalue weighted by atomic mass is 16.3. The van der Waals surface area contributed by atoms with E-state index in [1.807, 2.05) is 49.4 Å². The van der Waals surface area contributed by atoms with E-state index in [0.29, 0.717) is 5.69 Å². The molecule has 3 nitrogen and oxygen atoms in total. The number of phenolic OH excluding ortho intramolecular Hbond substituents is 1. The van der Waals surface area contributed by atoms with Crippen LogP contribution in [-0.2, 0) is 11.2 Å². The second kappa shape index (κ2) is 5.90. The highest BCUT2D eigenvalue weighted by Crippen LogP contribution is 2.24. The number of aryl methyl sites for hydroxylation is 1. The van der Waals surface area contributed by atoms with Gasteiger partial charge in [-0.2, -0.15) is 0 Å². The number of hydrogen-bond donors (Lipinski definition) is 2. The zero-order chi connectivity index (χ0) is 15.5. The van der Waals surface area contributed by atoms with E-state index in [0.717, 1.165) is 21.9 Å². The van der Waals surface area contributed by atoms with Gasteiger partial charge in [-0.15, -0.1) is 0 Å². The molecule has 0 spiro atoms. The Balaban J connectivity index is 1.83. The molecule has 0 aliphatic carbocycles. The maximum atomic E-state index is 12.3. The molecule has 110 valence electrons. The van der Waals surface area contributed by atoms with Gasteiger partial charge < -0.3 is 10.4 Å². The lowest BCUT2D eigenvalue weighted by Crippen LogP contribution is -2.14. The summed E-state index contributed by atoms with van der Waals surface area (Å²) in [5.74, 6) is -0.0610. The van der Waals surface area contributed by atoms with Crippen molar-refractivity contribution in [1.29, 1.82) is 0 Å². The molecule has 0 aromatic heterocycles. The van der Waals surface area contributed by atoms with E-state index in [-0.39, 0.29) is 18.1 Å². The number of hydrogen-bond acceptors (Lipinski definition) is 2. The van der Waals surface area contributed by atoms with E-state index < -0.39 is 0 Å². The standard InChI is InChI=1S/C19H17NO2/c1-13-9-10-18(21)17(11-13)20-19(22)12-15-7-4-6-14-5-2-3-8-16(14)15/h2-11,21H,12H2,1H3,(H,20,22). The molecule has 0 radical (unpaired) electrons. The molecule has 0 saturated heterocycles. The quantitative estimate of drug-likeness (QED) is 0.716. The molecule has 0 saturated carbocycles. The molecule has 3 aromatic carbocycles. The highest BCUT2D eigenvalue weighted by Gasteiger charge is 2.09. The van der Waals surface area contributed by atoms with Gasteiger partial charge in [-0.1, -0.05) is 48.5 Å². The van der Waals surface area contributed by atoms with Crippen LogP contribution in [0.5, 0.6) is 5.75 Å². The predicted octanol–water partition coefficient (Wildman–Crippen LogP) is 4.04. The van der Waals surface area contributed by atoms with E-state index >= 15 is 0 Å². The molecule has 0 fully saturated rings. The number of carbonyl (C=O) groups is 1. The fraction of sp³-hybridized carbons (Fsp3) is 0.105. The summed E-state index contributed by atoms with van der Waals surface area (Å²) in [5, 5.41) is 14.8. The molecule has 3 rings (SSSR count). The minimum atomic E-state index is -0.141. The van der Waals surface area contributed by atoms with Gasteiger partial charge in [0.15, 0.2) is 0 Å². The van der Waals surface area contributed by atoms with Crippen LogP contribution in [0.15, 0.2) is 60.7 Å². The summed E-state index contributed by atoms with van der Waals surface area (Å²) in [6.45, 7) is 1.92. The Bertz CT molecular complexity index is 834. The van der Waals surface area contributed by atoms with Crippen LogP contribution < -0.4 is 5.32 Å². The second-order valence-electron chi connectivity index (χ2n) is 5.38. The van der Waals surface area contributed by atoms with Gasteiger partial charge in [-0.05, 0) is 41.0 Å². The van der Waals surface area contributed by atoms with Crippen molar-refractivity contribution >= 4 is 22.4 Å². The van der Waals surface area contributed by atoms with Gasteiger partial charge in [0, 0.05) is 0 Å². The van der Waals surface area contributed by atoms with E-state index in [4.69, 9.17) is 0 Å². The number of anilines is 1. The monoisotopic (exact) mass is 291 g/mol. The van der Waals surface area contributed by atoms with E-state index in [2.05, 4.69) is 5.32 Å². The van der Waals surface area contributed by atoms with Crippen molar-refractivity contribution in [2.45, 2.75) is 13.3 Å². The summed E-state index contributed by atoms with van der Waals surface area (Å²) in [6, 6.07) is 19.1. The zero-order valence-electron chi connectivity index (χ0n) is 12.3. The largest absolute Gasteiger partial charge is 0.506 e. The molecule has 3 aromatic rings. The molecule has 0 unspecified atom stereocenters. The van der Waals surface area contributed by atoms with Crippen molar-refractivity contribution in [2.24, 2.45) is 0 Å². The lowest BCUT2D eigenvalue weighted by Gasteiger charge is -2.10. The Morgan fingerprint density at radius 3 is 2.68 bits per heavy atom. The molecule has 3 heteroatoms. The summed E-state index contributed by atoms with van der Waals surface area (Å²) in [6.07, 6.45) is 0.273. The van der Waals surface area contributed by atoms with Gasteiger partial charge in [0.25, 0.3) is 0 Å². The van der Waals surface area contributed by atoms with E-state index in [9.17, 15) is 9.90 Å². The fourth-order valence-corrected chi connectivity index (χ4v) is 2.56. The number of amides is 1. The van der Waals surface area contributed by atoms with Crippen LogP contribution in [0.2, 0.25) is 0 Å². The van der Waals surface area contributed by atoms with Crippen molar-refractivity contribution in [3.63, 3.8) is 0 Å². The Kier molecular flexibility index (Phi) is 3.79. The van der Waals surface area contributed by atoms with Crippen LogP contribution >= 0.6 is 0 Å². The first-order valence-corrected chi connectivity index (χ1v) is 7.19. The summed E-state index contributed by atoms with van der Waals surface area (Å²) < 4.78 is 0. The molecule has 2 N–H and O–H groups in total. The summed E-state index contributed by atoms with van der Waals surface area (Å²) in [4.78, 5) is 12.3. The fourth-order valence-electron chi connectivity index (χ4n) is 2.56.